The van der Waals surface area contributed by atoms with Gasteiger partial charge in [-0.05, 0) is 31.9 Å². The van der Waals surface area contributed by atoms with Crippen molar-refractivity contribution in [3.8, 4) is 0 Å². The fraction of sp³-hybridized carbons (Fsp3) is 0.400. The van der Waals surface area contributed by atoms with Gasteiger partial charge in [0, 0.05) is 42.1 Å². The average molecular weight is 424 g/mol. The van der Waals surface area contributed by atoms with E-state index in [4.69, 9.17) is 15.3 Å². The molecule has 2 aromatic rings. The molecule has 0 radical (unpaired) electrons. The standard InChI is InChI=1S/C20H20N6O5/c1-14-23(15-4-8-17(9-5-15)25(27)28)19-12-2-3-13-20(19,31-14)22-24(21-19)16-6-10-18(11-7-16)26(29)30/h4-11,14H,2-3,12-13H2,1H3/t14-,19-,20+/m0/s1. The van der Waals surface area contributed by atoms with E-state index in [1.54, 1.807) is 24.3 Å². The zero-order valence-electron chi connectivity index (χ0n) is 16.7. The van der Waals surface area contributed by atoms with Crippen LogP contribution in [0.2, 0.25) is 0 Å². The largest absolute Gasteiger partial charge is 0.345 e. The van der Waals surface area contributed by atoms with Gasteiger partial charge in [-0.1, -0.05) is 12.8 Å². The molecule has 11 heteroatoms. The number of benzene rings is 2. The number of nitro groups is 2. The van der Waals surface area contributed by atoms with Crippen LogP contribution in [0.3, 0.4) is 0 Å². The van der Waals surface area contributed by atoms with Crippen LogP contribution in [-0.4, -0.2) is 32.3 Å². The van der Waals surface area contributed by atoms with Crippen LogP contribution in [0.5, 0.6) is 0 Å². The molecular weight excluding hydrogens is 404 g/mol. The zero-order chi connectivity index (χ0) is 21.8. The molecule has 3 aliphatic rings. The normalized spacial score (nSPS) is 29.0. The highest BCUT2D eigenvalue weighted by Crippen LogP contribution is 2.59. The minimum atomic E-state index is -0.881. The molecule has 0 unspecified atom stereocenters. The molecule has 160 valence electrons. The SMILES string of the molecule is C[C@@H]1O[C@]23CCCC[C@]2([N-][N+](c2ccc([N+](=O)[O-])cc2)=N3)N1c1ccc([N+](=O)[O-])cc1. The van der Waals surface area contributed by atoms with Gasteiger partial charge in [0.1, 0.15) is 11.9 Å². The minimum Gasteiger partial charge on any atom is -0.345 e. The summed E-state index contributed by atoms with van der Waals surface area (Å²) in [7, 11) is 0. The van der Waals surface area contributed by atoms with Crippen LogP contribution in [0.1, 0.15) is 32.6 Å². The number of hydrogen-bond acceptors (Lipinski definition) is 7. The van der Waals surface area contributed by atoms with Crippen LogP contribution >= 0.6 is 0 Å². The summed E-state index contributed by atoms with van der Waals surface area (Å²) in [4.78, 5) is 24.7. The van der Waals surface area contributed by atoms with Crippen molar-refractivity contribution in [2.24, 2.45) is 5.11 Å². The van der Waals surface area contributed by atoms with Crippen molar-refractivity contribution in [3.63, 3.8) is 0 Å². The predicted molar refractivity (Wildman–Crippen MR) is 109 cm³/mol. The number of nitrogens with zero attached hydrogens (tertiary/aromatic N) is 6. The van der Waals surface area contributed by atoms with E-state index in [1.165, 1.54) is 29.1 Å². The Morgan fingerprint density at radius 2 is 1.61 bits per heavy atom. The van der Waals surface area contributed by atoms with Crippen molar-refractivity contribution in [3.05, 3.63) is 74.2 Å². The zero-order valence-corrected chi connectivity index (χ0v) is 16.7. The van der Waals surface area contributed by atoms with Gasteiger partial charge < -0.3 is 9.64 Å². The van der Waals surface area contributed by atoms with E-state index in [1.807, 2.05) is 11.8 Å². The van der Waals surface area contributed by atoms with Gasteiger partial charge in [-0.25, -0.2) is 0 Å². The molecule has 2 fully saturated rings. The molecule has 0 N–H and O–H groups in total. The summed E-state index contributed by atoms with van der Waals surface area (Å²) in [6, 6.07) is 12.4. The van der Waals surface area contributed by atoms with Crippen LogP contribution in [0.15, 0.2) is 53.6 Å². The van der Waals surface area contributed by atoms with Gasteiger partial charge >= 0.3 is 0 Å². The topological polar surface area (TPSA) is 128 Å². The lowest BCUT2D eigenvalue weighted by molar-refractivity contribution is -0.461. The highest BCUT2D eigenvalue weighted by molar-refractivity contribution is 5.57. The maximum absolute atomic E-state index is 11.1. The maximum atomic E-state index is 11.1. The van der Waals surface area contributed by atoms with Crippen molar-refractivity contribution >= 4 is 22.7 Å². The van der Waals surface area contributed by atoms with E-state index >= 15 is 0 Å². The van der Waals surface area contributed by atoms with Crippen LogP contribution in [-0.2, 0) is 4.74 Å². The van der Waals surface area contributed by atoms with Crippen LogP contribution in [0.25, 0.3) is 5.43 Å². The molecule has 1 saturated heterocycles. The van der Waals surface area contributed by atoms with Crippen molar-refractivity contribution in [1.82, 2.24) is 0 Å². The maximum Gasteiger partial charge on any atom is 0.269 e. The number of rotatable bonds is 4. The second-order valence-corrected chi connectivity index (χ2v) is 7.93. The van der Waals surface area contributed by atoms with Gasteiger partial charge in [0.25, 0.3) is 11.4 Å². The molecule has 0 aromatic heterocycles. The van der Waals surface area contributed by atoms with Gasteiger partial charge in [-0.3, -0.25) is 20.2 Å². The molecule has 11 nitrogen and oxygen atoms in total. The van der Waals surface area contributed by atoms with Crippen LogP contribution in [0.4, 0.5) is 22.7 Å². The molecular formula is C20H20N6O5. The molecule has 1 saturated carbocycles. The summed E-state index contributed by atoms with van der Waals surface area (Å²) in [5, 5.41) is 26.9. The third kappa shape index (κ3) is 2.76. The Bertz CT molecular complexity index is 1090. The third-order valence-electron chi connectivity index (χ3n) is 6.19. The number of ether oxygens (including phenoxy) is 1. The Kier molecular flexibility index (Phi) is 4.19. The molecule has 2 aliphatic heterocycles. The first-order chi connectivity index (χ1) is 14.9. The lowest BCUT2D eigenvalue weighted by Gasteiger charge is -2.46. The lowest BCUT2D eigenvalue weighted by Crippen LogP contribution is -2.57. The van der Waals surface area contributed by atoms with Crippen molar-refractivity contribution in [2.45, 2.75) is 50.2 Å². The molecule has 2 heterocycles. The monoisotopic (exact) mass is 424 g/mol. The molecule has 1 aliphatic carbocycles. The van der Waals surface area contributed by atoms with Crippen LogP contribution in [0, 0.1) is 20.2 Å². The first kappa shape index (κ1) is 19.4. The van der Waals surface area contributed by atoms with Gasteiger partial charge in [0.2, 0.25) is 5.69 Å². The number of hydrogen-bond donors (Lipinski definition) is 0. The lowest BCUT2D eigenvalue weighted by atomic mass is 9.81. The fourth-order valence-electron chi connectivity index (χ4n) is 4.87. The smallest absolute Gasteiger partial charge is 0.269 e. The highest BCUT2D eigenvalue weighted by atomic mass is 16.6. The third-order valence-corrected chi connectivity index (χ3v) is 6.19. The second kappa shape index (κ2) is 6.71. The molecule has 0 bridgehead atoms. The summed E-state index contributed by atoms with van der Waals surface area (Å²) < 4.78 is 6.41. The summed E-state index contributed by atoms with van der Waals surface area (Å²) >= 11 is 0. The Hall–Kier alpha value is -3.60. The summed E-state index contributed by atoms with van der Waals surface area (Å²) in [6.07, 6.45) is 2.95. The molecule has 2 aromatic carbocycles. The van der Waals surface area contributed by atoms with Gasteiger partial charge in [-0.2, -0.15) is 10.5 Å². The Labute approximate surface area is 177 Å². The van der Waals surface area contributed by atoms with Gasteiger partial charge in [0.05, 0.1) is 9.85 Å². The Morgan fingerprint density at radius 1 is 1.03 bits per heavy atom. The number of nitro benzene ring substituents is 2. The highest BCUT2D eigenvalue weighted by Gasteiger charge is 2.66. The molecule has 5 rings (SSSR count). The van der Waals surface area contributed by atoms with Crippen molar-refractivity contribution < 1.29 is 19.4 Å². The number of anilines is 1. The van der Waals surface area contributed by atoms with E-state index in [9.17, 15) is 20.2 Å². The van der Waals surface area contributed by atoms with E-state index < -0.39 is 21.2 Å². The first-order valence-corrected chi connectivity index (χ1v) is 10.1. The fourth-order valence-corrected chi connectivity index (χ4v) is 4.87. The molecule has 0 spiro atoms. The number of non-ortho nitro benzene ring substituents is 2. The summed E-state index contributed by atoms with van der Waals surface area (Å²) in [6.45, 7) is 1.93. The van der Waals surface area contributed by atoms with Crippen molar-refractivity contribution in [1.29, 1.82) is 0 Å². The average Bonchev–Trinajstić information content (AvgIpc) is 3.21. The van der Waals surface area contributed by atoms with Crippen molar-refractivity contribution in [2.75, 3.05) is 4.90 Å². The van der Waals surface area contributed by atoms with Gasteiger partial charge in [-0.15, -0.1) is 4.81 Å². The number of azo groups is 1. The van der Waals surface area contributed by atoms with Crippen LogP contribution < -0.4 is 4.90 Å². The Morgan fingerprint density at radius 3 is 2.23 bits per heavy atom. The second-order valence-electron chi connectivity index (χ2n) is 7.93. The van der Waals surface area contributed by atoms with E-state index in [-0.39, 0.29) is 17.6 Å². The molecule has 0 amide bonds. The predicted octanol–water partition coefficient (Wildman–Crippen LogP) is 4.75. The molecule has 31 heavy (non-hydrogen) atoms. The summed E-state index contributed by atoms with van der Waals surface area (Å²) in [5.41, 5.74) is 4.69. The minimum absolute atomic E-state index is 0.00531. The molecule has 3 atom stereocenters. The van der Waals surface area contributed by atoms with E-state index in [2.05, 4.69) is 0 Å². The van der Waals surface area contributed by atoms with E-state index in [0.717, 1.165) is 18.5 Å². The Balaban J connectivity index is 1.55. The van der Waals surface area contributed by atoms with Gasteiger partial charge in [0.15, 0.2) is 5.72 Å². The van der Waals surface area contributed by atoms with E-state index in [0.29, 0.717) is 18.5 Å². The first-order valence-electron chi connectivity index (χ1n) is 10.1. The quantitative estimate of drug-likeness (QED) is 0.396. The summed E-state index contributed by atoms with van der Waals surface area (Å²) in [5.74, 6) is 0.